The largest absolute Gasteiger partial charge is 0.668 e. The van der Waals surface area contributed by atoms with Gasteiger partial charge in [0, 0.05) is 0 Å². The van der Waals surface area contributed by atoms with Gasteiger partial charge in [-0.1, -0.05) is 0 Å². The predicted molar refractivity (Wildman–Crippen MR) is 16.6 cm³/mol. The topological polar surface area (TPSA) is 82.5 Å². The van der Waals surface area contributed by atoms with Crippen LogP contribution >= 0.6 is 0 Å². The minimum atomic E-state index is -4.48. The highest BCUT2D eigenvalue weighted by Gasteiger charge is 2.14. The van der Waals surface area contributed by atoms with Crippen LogP contribution in [0.1, 0.15) is 0 Å². The van der Waals surface area contributed by atoms with Gasteiger partial charge in [0.25, 0.3) is 0 Å². The molecule has 0 aromatic rings. The van der Waals surface area contributed by atoms with Crippen LogP contribution in [0.15, 0.2) is 0 Å². The lowest BCUT2D eigenvalue weighted by Gasteiger charge is -1.48. The Morgan fingerprint density at radius 2 is 1.83 bits per heavy atom. The lowest BCUT2D eigenvalue weighted by atomic mass is 13.4. The molecule has 6 heteroatoms. The average Bonchev–Trinajstić information content (AvgIpc) is 1.35. The molecule has 0 heterocycles. The Bertz CT molecular complexity index is 158. The minimum Gasteiger partial charge on any atom is -0.216 e. The quantitative estimate of drug-likeness (QED) is 0.340. The maximum atomic E-state index is 9.14. The molecule has 0 atom stereocenters. The number of rotatable bonds is 0. The highest BCUT2D eigenvalue weighted by Crippen LogP contribution is 1.75. The van der Waals surface area contributed by atoms with E-state index in [2.05, 4.69) is 0 Å². The molecule has 0 aliphatic heterocycles. The van der Waals surface area contributed by atoms with Gasteiger partial charge in [-0.05, 0) is 0 Å². The molecule has 6 heavy (non-hydrogen) atoms. The van der Waals surface area contributed by atoms with Crippen LogP contribution in [0.25, 0.3) is 4.38 Å². The van der Waals surface area contributed by atoms with Crippen molar-refractivity contribution in [2.45, 2.75) is 0 Å². The highest BCUT2D eigenvalue weighted by atomic mass is 32.2. The van der Waals surface area contributed by atoms with Gasteiger partial charge in [-0.15, -0.1) is 8.42 Å². The molecule has 1 N–H and O–H groups in total. The van der Waals surface area contributed by atoms with E-state index in [0.717, 1.165) is 0 Å². The van der Waals surface area contributed by atoms with E-state index < -0.39 is 10.3 Å². The van der Waals surface area contributed by atoms with E-state index in [9.17, 15) is 0 Å². The van der Waals surface area contributed by atoms with Crippen molar-refractivity contribution in [3.63, 3.8) is 0 Å². The van der Waals surface area contributed by atoms with E-state index >= 15 is 0 Å². The van der Waals surface area contributed by atoms with E-state index in [0.29, 0.717) is 0 Å². The van der Waals surface area contributed by atoms with Crippen LogP contribution in [0.3, 0.4) is 0 Å². The molecule has 0 saturated heterocycles. The summed E-state index contributed by atoms with van der Waals surface area (Å²) in [4.78, 5) is 0. The highest BCUT2D eigenvalue weighted by molar-refractivity contribution is 7.87. The zero-order valence-corrected chi connectivity index (χ0v) is 3.38. The summed E-state index contributed by atoms with van der Waals surface area (Å²) in [6.45, 7) is 0. The summed E-state index contributed by atoms with van der Waals surface area (Å²) in [5.74, 6) is 0. The second-order valence-electron chi connectivity index (χ2n) is 0.529. The molecular weight excluding hydrogens is 108 g/mol. The third kappa shape index (κ3) is 3.33. The molecule has 0 fully saturated rings. The minimum absolute atomic E-state index is 1.55. The van der Waals surface area contributed by atoms with Gasteiger partial charge >= 0.3 is 14.7 Å². The van der Waals surface area contributed by atoms with E-state index in [1.165, 1.54) is 0 Å². The van der Waals surface area contributed by atoms with Crippen molar-refractivity contribution in [1.29, 1.82) is 5.39 Å². The van der Waals surface area contributed by atoms with E-state index in [1.807, 2.05) is 0 Å². The van der Waals surface area contributed by atoms with Crippen LogP contribution in [0.4, 0.5) is 0 Å². The molecule has 0 aliphatic rings. The number of diazo groups is 1. The Labute approximate surface area is 34.1 Å². The number of nitrogens with zero attached hydrogens (tertiary/aromatic N) is 2. The molecule has 34 valence electrons. The number of hydrogen-bond donors (Lipinski definition) is 1. The Morgan fingerprint density at radius 1 is 1.67 bits per heavy atom. The van der Waals surface area contributed by atoms with Gasteiger partial charge in [0.1, 0.15) is 0 Å². The molecule has 0 spiro atoms. The van der Waals surface area contributed by atoms with E-state index in [1.54, 1.807) is 4.38 Å². The van der Waals surface area contributed by atoms with Gasteiger partial charge in [-0.3, -0.25) is 0 Å². The van der Waals surface area contributed by atoms with Crippen molar-refractivity contribution in [2.24, 2.45) is 0 Å². The van der Waals surface area contributed by atoms with Crippen molar-refractivity contribution in [2.75, 3.05) is 0 Å². The van der Waals surface area contributed by atoms with Gasteiger partial charge in [0.05, 0.1) is 0 Å². The van der Waals surface area contributed by atoms with Gasteiger partial charge in [0.2, 0.25) is 5.39 Å². The van der Waals surface area contributed by atoms with Gasteiger partial charge < -0.3 is 0 Å². The lowest BCUT2D eigenvalue weighted by molar-refractivity contribution is 0.493. The molecule has 0 saturated carbocycles. The Morgan fingerprint density at radius 3 is 1.83 bits per heavy atom. The summed E-state index contributed by atoms with van der Waals surface area (Å²) >= 11 is 0. The molecule has 0 radical (unpaired) electrons. The second kappa shape index (κ2) is 1.20. The van der Waals surface area contributed by atoms with Gasteiger partial charge in [0.15, 0.2) is 0 Å². The standard InChI is InChI=1S/N2O3S/c1-2-6(3,4)5/p+1. The SMILES string of the molecule is N#[N+]S(=O)(=O)O. The maximum absolute atomic E-state index is 9.14. The summed E-state index contributed by atoms with van der Waals surface area (Å²) in [5.41, 5.74) is 0. The fraction of sp³-hybridized carbons (Fsp3) is 0. The molecule has 0 unspecified atom stereocenters. The summed E-state index contributed by atoms with van der Waals surface area (Å²) in [5, 5.41) is 7.19. The molecule has 0 aliphatic carbocycles. The predicted octanol–water partition coefficient (Wildman–Crippen LogP) is -0.358. The first-order chi connectivity index (χ1) is 2.56. The summed E-state index contributed by atoms with van der Waals surface area (Å²) in [6.07, 6.45) is 0. The van der Waals surface area contributed by atoms with Crippen LogP contribution in [0.2, 0.25) is 0 Å². The maximum Gasteiger partial charge on any atom is 0.668 e. The first-order valence-electron chi connectivity index (χ1n) is 0.898. The van der Waals surface area contributed by atoms with Crippen LogP contribution in [-0.4, -0.2) is 13.0 Å². The van der Waals surface area contributed by atoms with Gasteiger partial charge in [-0.25, -0.2) is 4.55 Å². The van der Waals surface area contributed by atoms with Crippen molar-refractivity contribution in [1.82, 2.24) is 0 Å². The summed E-state index contributed by atoms with van der Waals surface area (Å²) in [7, 11) is -4.48. The third-order valence-electron chi connectivity index (χ3n) is 0.103. The zero-order valence-electron chi connectivity index (χ0n) is 2.57. The average molecular weight is 109 g/mol. The van der Waals surface area contributed by atoms with Crippen molar-refractivity contribution >= 4 is 10.3 Å². The van der Waals surface area contributed by atoms with Crippen molar-refractivity contribution < 1.29 is 13.0 Å². The van der Waals surface area contributed by atoms with Crippen LogP contribution in [-0.2, 0) is 10.3 Å². The summed E-state index contributed by atoms with van der Waals surface area (Å²) in [6, 6.07) is 0. The zero-order chi connectivity index (χ0) is 5.21. The Kier molecular flexibility index (Phi) is 1.06. The molecule has 0 aromatic heterocycles. The normalized spacial score (nSPS) is 10.0. The van der Waals surface area contributed by atoms with Crippen molar-refractivity contribution in [3.05, 3.63) is 4.38 Å². The van der Waals surface area contributed by atoms with Crippen molar-refractivity contribution in [3.8, 4) is 0 Å². The first kappa shape index (κ1) is 5.33. The summed E-state index contributed by atoms with van der Waals surface area (Å²) < 4.78 is 27.2. The molecule has 5 nitrogen and oxygen atoms in total. The van der Waals surface area contributed by atoms with Crippen LogP contribution in [0.5, 0.6) is 0 Å². The fourth-order valence-electron chi connectivity index (χ4n) is 0. The monoisotopic (exact) mass is 109 g/mol. The molecule has 0 aromatic carbocycles. The van der Waals surface area contributed by atoms with E-state index in [-0.39, 0.29) is 0 Å². The molecule has 0 rings (SSSR count). The smallest absolute Gasteiger partial charge is 0.216 e. The molecular formula is HN2O3S+. The van der Waals surface area contributed by atoms with Crippen LogP contribution < -0.4 is 0 Å². The third-order valence-corrected chi connectivity index (χ3v) is 0.310. The Balaban J connectivity index is 4.41. The first-order valence-corrected chi connectivity index (χ1v) is 2.30. The van der Waals surface area contributed by atoms with E-state index in [4.69, 9.17) is 18.4 Å². The lowest BCUT2D eigenvalue weighted by Crippen LogP contribution is -1.83. The molecule has 0 bridgehead atoms. The van der Waals surface area contributed by atoms with Gasteiger partial charge in [-0.2, -0.15) is 0 Å². The molecule has 0 amide bonds. The number of hydrogen-bond acceptors (Lipinski definition) is 3. The fourth-order valence-corrected chi connectivity index (χ4v) is 0. The Hall–Kier alpha value is -0.670. The van der Waals surface area contributed by atoms with Crippen LogP contribution in [0, 0.1) is 5.39 Å². The second-order valence-corrected chi connectivity index (χ2v) is 1.59.